The fourth-order valence-electron chi connectivity index (χ4n) is 5.22. The van der Waals surface area contributed by atoms with E-state index in [9.17, 15) is 14.3 Å². The van der Waals surface area contributed by atoms with Crippen LogP contribution in [0.4, 0.5) is 0 Å². The fourth-order valence-corrected chi connectivity index (χ4v) is 5.99. The Morgan fingerprint density at radius 2 is 0.914 bits per heavy atom. The summed E-state index contributed by atoms with van der Waals surface area (Å²) >= 11 is 0. The van der Waals surface area contributed by atoms with Gasteiger partial charge >= 0.3 is 13.8 Å². The summed E-state index contributed by atoms with van der Waals surface area (Å²) < 4.78 is 33.4. The van der Waals surface area contributed by atoms with E-state index in [1.807, 2.05) is 0 Å². The lowest BCUT2D eigenvalue weighted by Gasteiger charge is -2.20. The second kappa shape index (κ2) is 45.0. The quantitative estimate of drug-likeness (QED) is 0.0271. The number of phosphoric ester groups is 1. The molecule has 0 saturated heterocycles. The molecule has 0 bridgehead atoms. The van der Waals surface area contributed by atoms with Crippen LogP contribution in [0.1, 0.15) is 142 Å². The van der Waals surface area contributed by atoms with E-state index >= 15 is 0 Å². The molecule has 0 radical (unpaired) electrons. The smallest absolute Gasteiger partial charge is 0.457 e. The third kappa shape index (κ3) is 44.0. The predicted molar refractivity (Wildman–Crippen MR) is 247 cm³/mol. The van der Waals surface area contributed by atoms with Crippen molar-refractivity contribution in [1.82, 2.24) is 0 Å². The van der Waals surface area contributed by atoms with Crippen molar-refractivity contribution < 1.29 is 32.8 Å². The number of carbonyl (C=O) groups excluding carboxylic acids is 1. The molecule has 0 aromatic carbocycles. The standard InChI is InChI=1S/C49H80NO7P/c1-3-5-7-9-11-13-15-17-19-21-22-23-24-25-27-29-31-33-35-37-39-41-44-54-46-48(47-56-58(52,53)55-45-43-50)57-49(51)42-40-38-36-34-32-30-28-26-20-18-16-14-12-10-8-6-4-2/h5-8,11-14,17-20,22-23,25,27-28,30-31,33,48H,3-4,9-10,15-16,21,24,26,29,32,34-47,50H2,1-2H3,(H,52,53)/b7-5-,8-6-,13-11-,14-12-,19-17-,20-18-,23-22-,27-25-,30-28-,33-31-. The maximum atomic E-state index is 12.6. The molecule has 0 aromatic rings. The number of nitrogens with two attached hydrogens (primary N) is 1. The van der Waals surface area contributed by atoms with Crippen LogP contribution in [0.2, 0.25) is 0 Å². The molecule has 0 aliphatic rings. The van der Waals surface area contributed by atoms with E-state index in [0.717, 1.165) is 122 Å². The Labute approximate surface area is 354 Å². The number of phosphoric acid groups is 1. The Hall–Kier alpha value is -3.10. The van der Waals surface area contributed by atoms with Gasteiger partial charge in [-0.05, 0) is 103 Å². The zero-order chi connectivity index (χ0) is 42.3. The molecule has 2 unspecified atom stereocenters. The van der Waals surface area contributed by atoms with Gasteiger partial charge in [0.05, 0.1) is 19.8 Å². The Bertz CT molecular complexity index is 1290. The van der Waals surface area contributed by atoms with Crippen molar-refractivity contribution in [3.63, 3.8) is 0 Å². The molecule has 8 nitrogen and oxygen atoms in total. The molecule has 0 heterocycles. The first kappa shape index (κ1) is 54.9. The maximum Gasteiger partial charge on any atom is 0.472 e. The molecule has 58 heavy (non-hydrogen) atoms. The normalized spacial score (nSPS) is 14.6. The van der Waals surface area contributed by atoms with Gasteiger partial charge in [-0.1, -0.05) is 155 Å². The minimum atomic E-state index is -4.31. The third-order valence-corrected chi connectivity index (χ3v) is 9.36. The Morgan fingerprint density at radius 3 is 1.34 bits per heavy atom. The molecule has 0 aromatic heterocycles. The van der Waals surface area contributed by atoms with Gasteiger partial charge in [0, 0.05) is 19.6 Å². The summed E-state index contributed by atoms with van der Waals surface area (Å²) in [7, 11) is -4.31. The molecule has 0 aliphatic carbocycles. The summed E-state index contributed by atoms with van der Waals surface area (Å²) in [5.41, 5.74) is 5.37. The van der Waals surface area contributed by atoms with Crippen molar-refractivity contribution in [3.8, 4) is 0 Å². The average molecular weight is 826 g/mol. The lowest BCUT2D eigenvalue weighted by atomic mass is 10.1. The first-order valence-corrected chi connectivity index (χ1v) is 23.5. The van der Waals surface area contributed by atoms with Gasteiger partial charge in [-0.3, -0.25) is 13.8 Å². The van der Waals surface area contributed by atoms with Gasteiger partial charge in [-0.2, -0.15) is 0 Å². The van der Waals surface area contributed by atoms with Crippen LogP contribution in [-0.4, -0.2) is 49.9 Å². The van der Waals surface area contributed by atoms with Gasteiger partial charge in [0.2, 0.25) is 0 Å². The van der Waals surface area contributed by atoms with Gasteiger partial charge < -0.3 is 20.1 Å². The largest absolute Gasteiger partial charge is 0.472 e. The summed E-state index contributed by atoms with van der Waals surface area (Å²) in [6, 6.07) is 0. The number of carbonyl (C=O) groups is 1. The lowest BCUT2D eigenvalue weighted by Crippen LogP contribution is -2.28. The number of hydrogen-bond donors (Lipinski definition) is 2. The van der Waals surface area contributed by atoms with Gasteiger partial charge in [0.1, 0.15) is 6.10 Å². The molecule has 0 fully saturated rings. The number of unbranched alkanes of at least 4 members (excludes halogenated alkanes) is 7. The molecule has 0 amide bonds. The number of ether oxygens (including phenoxy) is 2. The summed E-state index contributed by atoms with van der Waals surface area (Å²) in [6.45, 7) is 4.53. The average Bonchev–Trinajstić information content (AvgIpc) is 3.21. The van der Waals surface area contributed by atoms with Crippen molar-refractivity contribution in [3.05, 3.63) is 122 Å². The van der Waals surface area contributed by atoms with E-state index in [4.69, 9.17) is 24.3 Å². The lowest BCUT2D eigenvalue weighted by molar-refractivity contribution is -0.154. The summed E-state index contributed by atoms with van der Waals surface area (Å²) in [4.78, 5) is 22.5. The minimum absolute atomic E-state index is 0.0741. The first-order chi connectivity index (χ1) is 28.4. The van der Waals surface area contributed by atoms with Gasteiger partial charge in [0.25, 0.3) is 0 Å². The van der Waals surface area contributed by atoms with E-state index in [1.54, 1.807) is 0 Å². The Kier molecular flexibility index (Phi) is 42.6. The predicted octanol–water partition coefficient (Wildman–Crippen LogP) is 13.4. The minimum Gasteiger partial charge on any atom is -0.457 e. The van der Waals surface area contributed by atoms with Crippen LogP contribution in [0.3, 0.4) is 0 Å². The topological polar surface area (TPSA) is 117 Å². The van der Waals surface area contributed by atoms with Crippen molar-refractivity contribution >= 4 is 13.8 Å². The number of allylic oxidation sites excluding steroid dienone is 20. The van der Waals surface area contributed by atoms with E-state index in [1.165, 1.54) is 0 Å². The zero-order valence-electron chi connectivity index (χ0n) is 36.2. The molecule has 0 aliphatic heterocycles. The number of hydrogen-bond acceptors (Lipinski definition) is 7. The van der Waals surface area contributed by atoms with Crippen molar-refractivity contribution in [2.24, 2.45) is 5.73 Å². The highest BCUT2D eigenvalue weighted by Gasteiger charge is 2.25. The van der Waals surface area contributed by atoms with Gasteiger partial charge in [-0.25, -0.2) is 4.57 Å². The van der Waals surface area contributed by atoms with Crippen molar-refractivity contribution in [2.45, 2.75) is 148 Å². The summed E-state index contributed by atoms with van der Waals surface area (Å²) in [5.74, 6) is -0.372. The van der Waals surface area contributed by atoms with Crippen LogP contribution in [0.25, 0.3) is 0 Å². The van der Waals surface area contributed by atoms with E-state index < -0.39 is 13.9 Å². The third-order valence-electron chi connectivity index (χ3n) is 8.37. The molecule has 328 valence electrons. The van der Waals surface area contributed by atoms with E-state index in [2.05, 4.69) is 135 Å². The molecule has 2 atom stereocenters. The van der Waals surface area contributed by atoms with Crippen molar-refractivity contribution in [1.29, 1.82) is 0 Å². The summed E-state index contributed by atoms with van der Waals surface area (Å²) in [5, 5.41) is 0. The van der Waals surface area contributed by atoms with Crippen LogP contribution in [0.15, 0.2) is 122 Å². The van der Waals surface area contributed by atoms with Crippen LogP contribution < -0.4 is 5.73 Å². The Morgan fingerprint density at radius 1 is 0.517 bits per heavy atom. The van der Waals surface area contributed by atoms with E-state index in [-0.39, 0.29) is 38.8 Å². The molecule has 0 spiro atoms. The van der Waals surface area contributed by atoms with Gasteiger partial charge in [0.15, 0.2) is 0 Å². The molecule has 0 saturated carbocycles. The van der Waals surface area contributed by atoms with Crippen LogP contribution in [0, 0.1) is 0 Å². The summed E-state index contributed by atoms with van der Waals surface area (Å²) in [6.07, 6.45) is 62.2. The van der Waals surface area contributed by atoms with Crippen molar-refractivity contribution in [2.75, 3.05) is 33.0 Å². The highest BCUT2D eigenvalue weighted by atomic mass is 31.2. The number of rotatable bonds is 40. The van der Waals surface area contributed by atoms with E-state index in [0.29, 0.717) is 6.61 Å². The monoisotopic (exact) mass is 826 g/mol. The van der Waals surface area contributed by atoms with Crippen LogP contribution in [0.5, 0.6) is 0 Å². The molecule has 3 N–H and O–H groups in total. The zero-order valence-corrected chi connectivity index (χ0v) is 37.1. The van der Waals surface area contributed by atoms with Crippen LogP contribution in [-0.2, 0) is 27.9 Å². The molecule has 0 rings (SSSR count). The second-order valence-electron chi connectivity index (χ2n) is 13.8. The second-order valence-corrected chi connectivity index (χ2v) is 15.2. The Balaban J connectivity index is 4.19. The molecule has 9 heteroatoms. The number of esters is 1. The molecular weight excluding hydrogens is 746 g/mol. The molecular formula is C49H80NO7P. The highest BCUT2D eigenvalue weighted by Crippen LogP contribution is 2.43. The first-order valence-electron chi connectivity index (χ1n) is 22.0. The van der Waals surface area contributed by atoms with Crippen LogP contribution >= 0.6 is 7.82 Å². The van der Waals surface area contributed by atoms with Gasteiger partial charge in [-0.15, -0.1) is 0 Å². The fraction of sp³-hybridized carbons (Fsp3) is 0.571. The SMILES string of the molecule is CC/C=C\C/C=C\C/C=C\C/C=C\C/C=C\C/C=C\CCCCCOCC(COP(=O)(O)OCCN)OC(=O)CCCCCC/C=C\C/C=C\C/C=C\C/C=C\CC. The highest BCUT2D eigenvalue weighted by molar-refractivity contribution is 7.47. The maximum absolute atomic E-state index is 12.6.